The molecule has 0 saturated carbocycles. The largest absolute Gasteiger partial charge is 0.350 e. The first-order chi connectivity index (χ1) is 9.69. The van der Waals surface area contributed by atoms with Crippen molar-refractivity contribution in [2.24, 2.45) is 5.73 Å². The second-order valence-electron chi connectivity index (χ2n) is 4.78. The van der Waals surface area contributed by atoms with Crippen LogP contribution in [-0.4, -0.2) is 28.5 Å². The molecular weight excluding hydrogens is 252 g/mol. The van der Waals surface area contributed by atoms with E-state index in [1.54, 1.807) is 12.5 Å². The molecule has 0 spiro atoms. The van der Waals surface area contributed by atoms with Crippen molar-refractivity contribution in [2.75, 3.05) is 13.1 Å². The van der Waals surface area contributed by atoms with Crippen LogP contribution in [0.5, 0.6) is 0 Å². The van der Waals surface area contributed by atoms with Crippen LogP contribution in [0.15, 0.2) is 36.8 Å². The maximum Gasteiger partial charge on any atom is 0.271 e. The van der Waals surface area contributed by atoms with Crippen molar-refractivity contribution in [3.05, 3.63) is 53.6 Å². The third-order valence-electron chi connectivity index (χ3n) is 3.03. The van der Waals surface area contributed by atoms with Crippen molar-refractivity contribution in [3.63, 3.8) is 0 Å². The molecule has 0 aliphatic rings. The highest BCUT2D eigenvalue weighted by molar-refractivity contribution is 5.91. The molecule has 3 N–H and O–H groups in total. The van der Waals surface area contributed by atoms with Crippen LogP contribution in [0.25, 0.3) is 0 Å². The van der Waals surface area contributed by atoms with Crippen molar-refractivity contribution >= 4 is 5.91 Å². The normalized spacial score (nSPS) is 10.5. The Kier molecular flexibility index (Phi) is 4.90. The number of hydrogen-bond donors (Lipinski definition) is 2. The Hall–Kier alpha value is -2.14. The Morgan fingerprint density at radius 2 is 2.30 bits per heavy atom. The zero-order valence-corrected chi connectivity index (χ0v) is 11.7. The van der Waals surface area contributed by atoms with Crippen LogP contribution in [0.1, 0.15) is 21.6 Å². The molecule has 2 aromatic rings. The molecule has 0 aliphatic heterocycles. The third kappa shape index (κ3) is 3.93. The van der Waals surface area contributed by atoms with Gasteiger partial charge in [-0.15, -0.1) is 0 Å². The summed E-state index contributed by atoms with van der Waals surface area (Å²) in [6.07, 6.45) is 4.16. The molecule has 0 fully saturated rings. The number of carbonyl (C=O) groups excluding carboxylic acids is 1. The number of carbonyl (C=O) groups is 1. The number of benzene rings is 1. The quantitative estimate of drug-likeness (QED) is 0.827. The first kappa shape index (κ1) is 14.3. The van der Waals surface area contributed by atoms with Crippen LogP contribution in [0.3, 0.4) is 0 Å². The number of rotatable bonds is 6. The monoisotopic (exact) mass is 272 g/mol. The lowest BCUT2D eigenvalue weighted by Gasteiger charge is -2.04. The summed E-state index contributed by atoms with van der Waals surface area (Å²) in [5.74, 6) is -0.145. The van der Waals surface area contributed by atoms with E-state index in [9.17, 15) is 4.79 Å². The van der Waals surface area contributed by atoms with Gasteiger partial charge in [0.25, 0.3) is 5.91 Å². The third-order valence-corrected chi connectivity index (χ3v) is 3.03. The van der Waals surface area contributed by atoms with Gasteiger partial charge in [-0.05, 0) is 18.9 Å². The van der Waals surface area contributed by atoms with E-state index in [0.29, 0.717) is 25.3 Å². The first-order valence-electron chi connectivity index (χ1n) is 6.74. The van der Waals surface area contributed by atoms with Crippen molar-refractivity contribution < 1.29 is 4.79 Å². The Bertz CT molecular complexity index is 577. The van der Waals surface area contributed by atoms with Crippen LogP contribution in [0.4, 0.5) is 0 Å². The van der Waals surface area contributed by atoms with E-state index in [0.717, 1.165) is 6.42 Å². The van der Waals surface area contributed by atoms with Gasteiger partial charge in [0.1, 0.15) is 5.69 Å². The summed E-state index contributed by atoms with van der Waals surface area (Å²) in [5.41, 5.74) is 8.34. The smallest absolute Gasteiger partial charge is 0.271 e. The minimum Gasteiger partial charge on any atom is -0.350 e. The van der Waals surface area contributed by atoms with Gasteiger partial charge in [0.2, 0.25) is 0 Å². The highest BCUT2D eigenvalue weighted by Gasteiger charge is 2.08. The fourth-order valence-electron chi connectivity index (χ4n) is 2.03. The van der Waals surface area contributed by atoms with Gasteiger partial charge in [-0.1, -0.05) is 29.8 Å². The molecule has 0 atom stereocenters. The average Bonchev–Trinajstić information content (AvgIpc) is 2.88. The summed E-state index contributed by atoms with van der Waals surface area (Å²) in [5, 5.41) is 2.88. The van der Waals surface area contributed by atoms with Gasteiger partial charge in [-0.3, -0.25) is 4.79 Å². The summed E-state index contributed by atoms with van der Waals surface area (Å²) >= 11 is 0. The molecule has 0 saturated heterocycles. The first-order valence-corrected chi connectivity index (χ1v) is 6.74. The molecule has 1 aromatic carbocycles. The summed E-state index contributed by atoms with van der Waals surface area (Å²) in [6, 6.07) is 8.28. The lowest BCUT2D eigenvalue weighted by Crippen LogP contribution is -2.26. The molecule has 0 unspecified atom stereocenters. The molecule has 0 bridgehead atoms. The summed E-state index contributed by atoms with van der Waals surface area (Å²) in [7, 11) is 0. The van der Waals surface area contributed by atoms with Gasteiger partial charge in [-0.2, -0.15) is 0 Å². The standard InChI is InChI=1S/C15H20N4O/c1-12-3-2-4-13(9-12)5-7-17-15(20)14-10-19(8-6-16)11-18-14/h2-4,9-11H,5-8,16H2,1H3,(H,17,20). The lowest BCUT2D eigenvalue weighted by atomic mass is 10.1. The number of aryl methyl sites for hydroxylation is 1. The zero-order chi connectivity index (χ0) is 14.4. The molecular formula is C15H20N4O. The van der Waals surface area contributed by atoms with E-state index in [4.69, 9.17) is 5.73 Å². The predicted molar refractivity (Wildman–Crippen MR) is 78.5 cm³/mol. The topological polar surface area (TPSA) is 72.9 Å². The minimum absolute atomic E-state index is 0.145. The molecule has 2 rings (SSSR count). The maximum absolute atomic E-state index is 11.9. The number of nitrogens with one attached hydrogen (secondary N) is 1. The number of imidazole rings is 1. The number of nitrogens with two attached hydrogens (primary N) is 1. The van der Waals surface area contributed by atoms with Crippen molar-refractivity contribution in [1.82, 2.24) is 14.9 Å². The second kappa shape index (κ2) is 6.86. The predicted octanol–water partition coefficient (Wildman–Crippen LogP) is 1.12. The van der Waals surface area contributed by atoms with Gasteiger partial charge in [0.15, 0.2) is 0 Å². The van der Waals surface area contributed by atoms with Gasteiger partial charge >= 0.3 is 0 Å². The van der Waals surface area contributed by atoms with Gasteiger partial charge in [-0.25, -0.2) is 4.98 Å². The molecule has 1 aromatic heterocycles. The van der Waals surface area contributed by atoms with Crippen LogP contribution in [-0.2, 0) is 13.0 Å². The van der Waals surface area contributed by atoms with Crippen LogP contribution in [0.2, 0.25) is 0 Å². The number of hydrogen-bond acceptors (Lipinski definition) is 3. The van der Waals surface area contributed by atoms with Crippen LogP contribution in [0, 0.1) is 6.92 Å². The van der Waals surface area contributed by atoms with Crippen LogP contribution >= 0.6 is 0 Å². The number of aromatic nitrogens is 2. The lowest BCUT2D eigenvalue weighted by molar-refractivity contribution is 0.0949. The van der Waals surface area contributed by atoms with E-state index in [-0.39, 0.29) is 5.91 Å². The van der Waals surface area contributed by atoms with E-state index >= 15 is 0 Å². The Morgan fingerprint density at radius 3 is 3.05 bits per heavy atom. The van der Waals surface area contributed by atoms with Gasteiger partial charge in [0, 0.05) is 25.8 Å². The molecule has 1 amide bonds. The summed E-state index contributed by atoms with van der Waals surface area (Å²) < 4.78 is 1.81. The Morgan fingerprint density at radius 1 is 1.45 bits per heavy atom. The zero-order valence-electron chi connectivity index (χ0n) is 11.7. The second-order valence-corrected chi connectivity index (χ2v) is 4.78. The fourth-order valence-corrected chi connectivity index (χ4v) is 2.03. The van der Waals surface area contributed by atoms with E-state index < -0.39 is 0 Å². The van der Waals surface area contributed by atoms with E-state index in [1.807, 2.05) is 10.6 Å². The Balaban J connectivity index is 1.82. The van der Waals surface area contributed by atoms with Crippen LogP contribution < -0.4 is 11.1 Å². The summed E-state index contributed by atoms with van der Waals surface area (Å²) in [6.45, 7) is 3.87. The van der Waals surface area contributed by atoms with Crippen molar-refractivity contribution in [1.29, 1.82) is 0 Å². The number of amides is 1. The minimum atomic E-state index is -0.145. The summed E-state index contributed by atoms with van der Waals surface area (Å²) in [4.78, 5) is 16.0. The van der Waals surface area contributed by atoms with Gasteiger partial charge in [0.05, 0.1) is 6.33 Å². The average molecular weight is 272 g/mol. The fraction of sp³-hybridized carbons (Fsp3) is 0.333. The molecule has 106 valence electrons. The number of nitrogens with zero attached hydrogens (tertiary/aromatic N) is 2. The van der Waals surface area contributed by atoms with E-state index in [2.05, 4.69) is 35.4 Å². The SMILES string of the molecule is Cc1cccc(CCNC(=O)c2cn(CCN)cn2)c1. The van der Waals surface area contributed by atoms with Gasteiger partial charge < -0.3 is 15.6 Å². The molecule has 5 heteroatoms. The molecule has 1 heterocycles. The molecule has 5 nitrogen and oxygen atoms in total. The van der Waals surface area contributed by atoms with E-state index in [1.165, 1.54) is 11.1 Å². The molecule has 20 heavy (non-hydrogen) atoms. The maximum atomic E-state index is 11.9. The highest BCUT2D eigenvalue weighted by Crippen LogP contribution is 2.04. The van der Waals surface area contributed by atoms with Crippen molar-refractivity contribution in [2.45, 2.75) is 19.9 Å². The Labute approximate surface area is 118 Å². The van der Waals surface area contributed by atoms with Crippen molar-refractivity contribution in [3.8, 4) is 0 Å². The highest BCUT2D eigenvalue weighted by atomic mass is 16.1. The molecule has 0 aliphatic carbocycles. The molecule has 0 radical (unpaired) electrons.